The van der Waals surface area contributed by atoms with Crippen molar-refractivity contribution >= 4 is 27.1 Å². The number of para-hydroxylation sites is 1. The number of ether oxygens (including phenoxy) is 1. The molecule has 1 unspecified atom stereocenters. The van der Waals surface area contributed by atoms with Gasteiger partial charge in [0.2, 0.25) is 0 Å². The number of alkyl halides is 1. The second-order valence-electron chi connectivity index (χ2n) is 4.11. The van der Waals surface area contributed by atoms with E-state index >= 15 is 0 Å². The van der Waals surface area contributed by atoms with Gasteiger partial charge in [0.25, 0.3) is 0 Å². The number of nitro groups is 1. The summed E-state index contributed by atoms with van der Waals surface area (Å²) in [4.78, 5) is 9.95. The van der Waals surface area contributed by atoms with Crippen molar-refractivity contribution in [2.45, 2.75) is 11.8 Å². The molecule has 0 aromatic heterocycles. The minimum Gasteiger partial charge on any atom is -0.490 e. The summed E-state index contributed by atoms with van der Waals surface area (Å²) in [5.74, 6) is -0.455. The van der Waals surface area contributed by atoms with Crippen LogP contribution in [0.4, 0.5) is 5.69 Å². The Hall–Kier alpha value is -1.34. The van der Waals surface area contributed by atoms with Gasteiger partial charge in [0.05, 0.1) is 17.8 Å². The molecule has 1 rings (SSSR count). The number of hydrogen-bond acceptors (Lipinski definition) is 5. The summed E-state index contributed by atoms with van der Waals surface area (Å²) in [6.07, 6.45) is 0. The van der Waals surface area contributed by atoms with Crippen LogP contribution in [-0.2, 0) is 9.84 Å². The van der Waals surface area contributed by atoms with Crippen LogP contribution >= 0.6 is 11.6 Å². The first-order valence-electron chi connectivity index (χ1n) is 5.43. The van der Waals surface area contributed by atoms with E-state index in [1.165, 1.54) is 25.3 Å². The van der Waals surface area contributed by atoms with E-state index in [2.05, 4.69) is 0 Å². The third-order valence-electron chi connectivity index (χ3n) is 2.47. The Morgan fingerprint density at radius 3 is 2.58 bits per heavy atom. The maximum atomic E-state index is 12.2. The zero-order valence-electron chi connectivity index (χ0n) is 10.5. The van der Waals surface area contributed by atoms with E-state index in [-0.39, 0.29) is 28.2 Å². The Kier molecular flexibility index (Phi) is 5.13. The van der Waals surface area contributed by atoms with Gasteiger partial charge in [-0.1, -0.05) is 13.0 Å². The number of halogens is 1. The predicted molar refractivity (Wildman–Crippen MR) is 71.6 cm³/mol. The number of rotatable bonds is 6. The summed E-state index contributed by atoms with van der Waals surface area (Å²) < 4.78 is 29.2. The molecular formula is C11H14ClNO5S. The lowest BCUT2D eigenvalue weighted by Crippen LogP contribution is -2.16. The molecule has 0 fully saturated rings. The van der Waals surface area contributed by atoms with Crippen molar-refractivity contribution in [2.75, 3.05) is 18.7 Å². The van der Waals surface area contributed by atoms with Gasteiger partial charge in [-0.2, -0.15) is 0 Å². The van der Waals surface area contributed by atoms with Crippen LogP contribution in [0.3, 0.4) is 0 Å². The van der Waals surface area contributed by atoms with Crippen LogP contribution in [0.1, 0.15) is 6.92 Å². The van der Waals surface area contributed by atoms with Crippen LogP contribution in [0.15, 0.2) is 23.1 Å². The fraction of sp³-hybridized carbons (Fsp3) is 0.455. The molecule has 0 N–H and O–H groups in total. The van der Waals surface area contributed by atoms with Crippen LogP contribution < -0.4 is 4.74 Å². The molecule has 0 aliphatic heterocycles. The van der Waals surface area contributed by atoms with E-state index in [4.69, 9.17) is 16.3 Å². The lowest BCUT2D eigenvalue weighted by Gasteiger charge is -2.10. The third-order valence-corrected chi connectivity index (χ3v) is 5.00. The van der Waals surface area contributed by atoms with Crippen molar-refractivity contribution in [2.24, 2.45) is 5.92 Å². The first-order chi connectivity index (χ1) is 8.83. The van der Waals surface area contributed by atoms with Gasteiger partial charge in [-0.05, 0) is 18.1 Å². The molecule has 0 bridgehead atoms. The minimum absolute atomic E-state index is 0.0791. The van der Waals surface area contributed by atoms with Crippen molar-refractivity contribution in [3.63, 3.8) is 0 Å². The molecule has 0 radical (unpaired) electrons. The molecule has 8 heteroatoms. The Balaban J connectivity index is 3.38. The quantitative estimate of drug-likeness (QED) is 0.457. The molecule has 0 saturated heterocycles. The molecule has 1 atom stereocenters. The fourth-order valence-corrected chi connectivity index (χ4v) is 3.65. The predicted octanol–water partition coefficient (Wildman–Crippen LogP) is 2.25. The molecule has 19 heavy (non-hydrogen) atoms. The number of hydrogen-bond donors (Lipinski definition) is 0. The standard InChI is InChI=1S/C11H14ClNO5S/c1-8(6-12)7-19(16,17)10-5-3-4-9(18-2)11(10)13(14)15/h3-5,8H,6-7H2,1-2H3. The Bertz CT molecular complexity index is 572. The second kappa shape index (κ2) is 6.21. The zero-order valence-corrected chi connectivity index (χ0v) is 12.1. The average molecular weight is 308 g/mol. The van der Waals surface area contributed by atoms with Gasteiger partial charge in [-0.3, -0.25) is 10.1 Å². The molecule has 0 saturated carbocycles. The Labute approximate surface area is 116 Å². The highest BCUT2D eigenvalue weighted by atomic mass is 35.5. The summed E-state index contributed by atoms with van der Waals surface area (Å²) >= 11 is 5.58. The van der Waals surface area contributed by atoms with Gasteiger partial charge in [0, 0.05) is 5.88 Å². The summed E-state index contributed by atoms with van der Waals surface area (Å²) in [6.45, 7) is 1.66. The number of nitro benzene ring substituents is 1. The van der Waals surface area contributed by atoms with Crippen LogP contribution in [0.2, 0.25) is 0 Å². The minimum atomic E-state index is -3.79. The van der Waals surface area contributed by atoms with Crippen molar-refractivity contribution in [3.8, 4) is 5.75 Å². The molecule has 0 aliphatic rings. The van der Waals surface area contributed by atoms with E-state index < -0.39 is 20.4 Å². The molecule has 0 aliphatic carbocycles. The van der Waals surface area contributed by atoms with Gasteiger partial charge in [-0.25, -0.2) is 8.42 Å². The van der Waals surface area contributed by atoms with E-state index in [9.17, 15) is 18.5 Å². The molecule has 0 spiro atoms. The summed E-state index contributed by atoms with van der Waals surface area (Å²) in [5.41, 5.74) is -0.535. The second-order valence-corrected chi connectivity index (χ2v) is 6.42. The largest absolute Gasteiger partial charge is 0.490 e. The maximum Gasteiger partial charge on any atom is 0.329 e. The molecule has 106 valence electrons. The maximum absolute atomic E-state index is 12.2. The van der Waals surface area contributed by atoms with Crippen molar-refractivity contribution in [3.05, 3.63) is 28.3 Å². The van der Waals surface area contributed by atoms with Crippen LogP contribution in [0.25, 0.3) is 0 Å². The molecule has 0 amide bonds. The van der Waals surface area contributed by atoms with Crippen molar-refractivity contribution < 1.29 is 18.1 Å². The van der Waals surface area contributed by atoms with Gasteiger partial charge >= 0.3 is 5.69 Å². The lowest BCUT2D eigenvalue weighted by molar-refractivity contribution is -0.388. The lowest BCUT2D eigenvalue weighted by atomic mass is 10.3. The van der Waals surface area contributed by atoms with E-state index in [0.717, 1.165) is 0 Å². The first kappa shape index (κ1) is 15.7. The highest BCUT2D eigenvalue weighted by molar-refractivity contribution is 7.91. The summed E-state index contributed by atoms with van der Waals surface area (Å²) in [5, 5.41) is 11.0. The molecule has 6 nitrogen and oxygen atoms in total. The van der Waals surface area contributed by atoms with Gasteiger partial charge in [-0.15, -0.1) is 11.6 Å². The number of nitrogens with zero attached hydrogens (tertiary/aromatic N) is 1. The smallest absolute Gasteiger partial charge is 0.329 e. The van der Waals surface area contributed by atoms with E-state index in [0.29, 0.717) is 0 Å². The van der Waals surface area contributed by atoms with Crippen LogP contribution in [-0.4, -0.2) is 32.1 Å². The number of sulfone groups is 1. The highest BCUT2D eigenvalue weighted by Crippen LogP contribution is 2.34. The molecule has 1 aromatic carbocycles. The van der Waals surface area contributed by atoms with Gasteiger partial charge < -0.3 is 4.74 Å². The number of methoxy groups -OCH3 is 1. The third kappa shape index (κ3) is 3.57. The fourth-order valence-electron chi connectivity index (χ4n) is 1.61. The summed E-state index contributed by atoms with van der Waals surface area (Å²) in [7, 11) is -2.54. The average Bonchev–Trinajstić information content (AvgIpc) is 2.36. The Morgan fingerprint density at radius 2 is 2.11 bits per heavy atom. The van der Waals surface area contributed by atoms with E-state index in [1.54, 1.807) is 6.92 Å². The molecule has 0 heterocycles. The highest BCUT2D eigenvalue weighted by Gasteiger charge is 2.30. The summed E-state index contributed by atoms with van der Waals surface area (Å²) in [6, 6.07) is 3.96. The van der Waals surface area contributed by atoms with Crippen molar-refractivity contribution in [1.82, 2.24) is 0 Å². The van der Waals surface area contributed by atoms with Gasteiger partial charge in [0.1, 0.15) is 4.90 Å². The van der Waals surface area contributed by atoms with Crippen molar-refractivity contribution in [1.29, 1.82) is 0 Å². The first-order valence-corrected chi connectivity index (χ1v) is 7.62. The molecule has 1 aromatic rings. The SMILES string of the molecule is COc1cccc(S(=O)(=O)CC(C)CCl)c1[N+](=O)[O-]. The van der Waals surface area contributed by atoms with Gasteiger partial charge in [0.15, 0.2) is 15.6 Å². The zero-order chi connectivity index (χ0) is 14.6. The van der Waals surface area contributed by atoms with Crippen LogP contribution in [0.5, 0.6) is 5.75 Å². The Morgan fingerprint density at radius 1 is 1.47 bits per heavy atom. The number of benzene rings is 1. The van der Waals surface area contributed by atoms with Crippen LogP contribution in [0, 0.1) is 16.0 Å². The normalized spacial score (nSPS) is 13.0. The monoisotopic (exact) mass is 307 g/mol. The molecular weight excluding hydrogens is 294 g/mol. The van der Waals surface area contributed by atoms with E-state index in [1.807, 2.05) is 0 Å². The topological polar surface area (TPSA) is 86.5 Å².